The summed E-state index contributed by atoms with van der Waals surface area (Å²) in [6, 6.07) is 3.30. The maximum atomic E-state index is 14.4. The maximum Gasteiger partial charge on any atom is 0.228 e. The zero-order chi connectivity index (χ0) is 24.9. The average molecular weight is 488 g/mol. The molecular weight excluding hydrogens is 456 g/mol. The van der Waals surface area contributed by atoms with Crippen molar-refractivity contribution in [2.45, 2.75) is 26.5 Å². The van der Waals surface area contributed by atoms with Crippen LogP contribution in [-0.4, -0.2) is 69.9 Å². The Labute approximate surface area is 203 Å². The summed E-state index contributed by atoms with van der Waals surface area (Å²) in [4.78, 5) is 13.3. The van der Waals surface area contributed by atoms with Crippen LogP contribution in [0.15, 0.2) is 24.5 Å². The maximum absolute atomic E-state index is 14.4. The van der Waals surface area contributed by atoms with Crippen molar-refractivity contribution < 1.29 is 18.3 Å². The fourth-order valence-electron chi connectivity index (χ4n) is 4.01. The van der Waals surface area contributed by atoms with Crippen molar-refractivity contribution in [2.75, 3.05) is 45.7 Å². The fourth-order valence-corrected chi connectivity index (χ4v) is 4.01. The first-order valence-electron chi connectivity index (χ1n) is 11.5. The number of hydrogen-bond donors (Lipinski definition) is 1. The highest BCUT2D eigenvalue weighted by molar-refractivity contribution is 5.48. The number of rotatable bonds is 8. The van der Waals surface area contributed by atoms with E-state index >= 15 is 0 Å². The third-order valence-corrected chi connectivity index (χ3v) is 6.09. The second kappa shape index (κ2) is 11.0. The van der Waals surface area contributed by atoms with Crippen LogP contribution in [0.3, 0.4) is 0 Å². The van der Waals surface area contributed by atoms with Crippen molar-refractivity contribution in [3.8, 4) is 11.5 Å². The van der Waals surface area contributed by atoms with Gasteiger partial charge in [0.1, 0.15) is 12.4 Å². The van der Waals surface area contributed by atoms with Gasteiger partial charge in [-0.15, -0.1) is 0 Å². The van der Waals surface area contributed by atoms with Gasteiger partial charge in [0.15, 0.2) is 23.1 Å². The average Bonchev–Trinajstić information content (AvgIpc) is 3.04. The van der Waals surface area contributed by atoms with Crippen LogP contribution in [0.25, 0.3) is 0 Å². The number of hydrogen-bond acceptors (Lipinski definition) is 8. The van der Waals surface area contributed by atoms with Gasteiger partial charge in [-0.1, -0.05) is 0 Å². The molecule has 0 unspecified atom stereocenters. The molecule has 0 bridgehead atoms. The molecule has 2 aromatic heterocycles. The van der Waals surface area contributed by atoms with Crippen LogP contribution in [0.1, 0.15) is 23.2 Å². The normalized spacial score (nSPS) is 15.1. The fraction of sp³-hybridized carbons (Fsp3) is 0.458. The van der Waals surface area contributed by atoms with E-state index in [4.69, 9.17) is 9.47 Å². The Morgan fingerprint density at radius 1 is 1.03 bits per heavy atom. The topological polar surface area (TPSA) is 80.6 Å². The van der Waals surface area contributed by atoms with E-state index in [0.717, 1.165) is 44.8 Å². The quantitative estimate of drug-likeness (QED) is 0.519. The Balaban J connectivity index is 1.36. The molecule has 1 fully saturated rings. The molecule has 0 spiro atoms. The van der Waals surface area contributed by atoms with E-state index < -0.39 is 11.6 Å². The highest BCUT2D eigenvalue weighted by atomic mass is 19.1. The summed E-state index contributed by atoms with van der Waals surface area (Å²) in [5.74, 6) is -0.223. The third kappa shape index (κ3) is 6.04. The Morgan fingerprint density at radius 3 is 2.54 bits per heavy atom. The molecule has 35 heavy (non-hydrogen) atoms. The molecule has 1 aliphatic rings. The van der Waals surface area contributed by atoms with Crippen LogP contribution in [0.5, 0.6) is 11.5 Å². The largest absolute Gasteiger partial charge is 0.494 e. The zero-order valence-corrected chi connectivity index (χ0v) is 20.5. The van der Waals surface area contributed by atoms with Crippen molar-refractivity contribution in [3.05, 3.63) is 53.0 Å². The molecular formula is C24H31F2N7O2. The molecule has 1 saturated heterocycles. The number of benzene rings is 1. The number of nitrogens with one attached hydrogen (secondary N) is 1. The van der Waals surface area contributed by atoms with Gasteiger partial charge < -0.3 is 19.7 Å². The molecule has 0 amide bonds. The molecule has 0 radical (unpaired) electrons. The number of aryl methyl sites for hydroxylation is 2. The molecule has 0 saturated carbocycles. The highest BCUT2D eigenvalue weighted by Crippen LogP contribution is 2.27. The molecule has 11 heteroatoms. The number of nitrogens with zero attached hydrogens (tertiary/aromatic N) is 6. The molecule has 1 aliphatic heterocycles. The molecule has 4 rings (SSSR count). The second-order valence-corrected chi connectivity index (χ2v) is 8.74. The summed E-state index contributed by atoms with van der Waals surface area (Å²) in [7, 11) is 5.40. The Kier molecular flexibility index (Phi) is 7.76. The van der Waals surface area contributed by atoms with Crippen LogP contribution < -0.4 is 14.8 Å². The molecule has 3 heterocycles. The number of likely N-dealkylation sites (N-methyl/N-ethyl adjacent to an activating group) is 1. The number of halogens is 2. The predicted molar refractivity (Wildman–Crippen MR) is 128 cm³/mol. The monoisotopic (exact) mass is 487 g/mol. The summed E-state index contributed by atoms with van der Waals surface area (Å²) in [6.45, 7) is 6.31. The lowest BCUT2D eigenvalue weighted by molar-refractivity contribution is 0.263. The molecule has 1 aromatic carbocycles. The predicted octanol–water partition coefficient (Wildman–Crippen LogP) is 3.27. The van der Waals surface area contributed by atoms with Gasteiger partial charge in [0.2, 0.25) is 5.95 Å². The van der Waals surface area contributed by atoms with Crippen molar-refractivity contribution in [1.82, 2.24) is 29.5 Å². The van der Waals surface area contributed by atoms with Gasteiger partial charge in [-0.2, -0.15) is 5.10 Å². The van der Waals surface area contributed by atoms with Crippen LogP contribution >= 0.6 is 0 Å². The van der Waals surface area contributed by atoms with Crippen molar-refractivity contribution >= 4 is 11.8 Å². The molecule has 1 N–H and O–H groups in total. The lowest BCUT2D eigenvalue weighted by atomic mass is 10.1. The van der Waals surface area contributed by atoms with Crippen molar-refractivity contribution in [1.29, 1.82) is 0 Å². The van der Waals surface area contributed by atoms with Gasteiger partial charge in [-0.05, 0) is 45.1 Å². The minimum atomic E-state index is -0.784. The smallest absolute Gasteiger partial charge is 0.228 e. The molecule has 188 valence electrons. The van der Waals surface area contributed by atoms with E-state index in [1.165, 1.54) is 25.6 Å². The van der Waals surface area contributed by atoms with Gasteiger partial charge in [0.25, 0.3) is 0 Å². The van der Waals surface area contributed by atoms with E-state index in [9.17, 15) is 8.78 Å². The summed E-state index contributed by atoms with van der Waals surface area (Å²) in [5, 5.41) is 7.60. The van der Waals surface area contributed by atoms with E-state index in [0.29, 0.717) is 11.8 Å². The van der Waals surface area contributed by atoms with Gasteiger partial charge in [0, 0.05) is 32.7 Å². The first kappa shape index (κ1) is 24.8. The summed E-state index contributed by atoms with van der Waals surface area (Å²) in [5.41, 5.74) is 1.16. The molecule has 0 aliphatic carbocycles. The molecule has 0 atom stereocenters. The molecule has 3 aromatic rings. The van der Waals surface area contributed by atoms with E-state index in [2.05, 4.69) is 37.2 Å². The number of anilines is 2. The first-order chi connectivity index (χ1) is 16.8. The third-order valence-electron chi connectivity index (χ3n) is 6.09. The number of ether oxygens (including phenoxy) is 2. The van der Waals surface area contributed by atoms with Gasteiger partial charge >= 0.3 is 0 Å². The van der Waals surface area contributed by atoms with Crippen molar-refractivity contribution in [2.24, 2.45) is 7.05 Å². The summed E-state index contributed by atoms with van der Waals surface area (Å²) < 4.78 is 41.2. The van der Waals surface area contributed by atoms with Crippen molar-refractivity contribution in [3.63, 3.8) is 0 Å². The van der Waals surface area contributed by atoms with Crippen LogP contribution in [0.4, 0.5) is 20.5 Å². The van der Waals surface area contributed by atoms with E-state index in [-0.39, 0.29) is 29.2 Å². The lowest BCUT2D eigenvalue weighted by Crippen LogP contribution is -2.29. The first-order valence-corrected chi connectivity index (χ1v) is 11.5. The number of methoxy groups -OCH3 is 1. The lowest BCUT2D eigenvalue weighted by Gasteiger charge is -2.19. The van der Waals surface area contributed by atoms with Gasteiger partial charge in [-0.25, -0.2) is 18.7 Å². The standard InChI is InChI=1S/C24H31F2N7O2/c1-16-10-20(34-4)23(26)19(22(16)25)15-35-18-12-27-24(28-13-18)29-21-11-17(32(3)30-21)14-33-7-5-6-31(2)8-9-33/h10-13H,5-9,14-15H2,1-4H3,(H,27,28,29,30). The minimum Gasteiger partial charge on any atom is -0.494 e. The van der Waals surface area contributed by atoms with Crippen LogP contribution in [0, 0.1) is 18.6 Å². The summed E-state index contributed by atoms with van der Waals surface area (Å²) >= 11 is 0. The SMILES string of the molecule is COc1cc(C)c(F)c(COc2cnc(Nc3cc(CN4CCCN(C)CC4)n(C)n3)nc2)c1F. The Morgan fingerprint density at radius 2 is 1.80 bits per heavy atom. The summed E-state index contributed by atoms with van der Waals surface area (Å²) in [6.07, 6.45) is 4.03. The number of aromatic nitrogens is 4. The zero-order valence-electron chi connectivity index (χ0n) is 20.5. The Hall–Kier alpha value is -3.31. The van der Waals surface area contributed by atoms with Gasteiger partial charge in [-0.3, -0.25) is 9.58 Å². The minimum absolute atomic E-state index is 0.0313. The van der Waals surface area contributed by atoms with E-state index in [1.54, 1.807) is 6.92 Å². The van der Waals surface area contributed by atoms with Crippen LogP contribution in [-0.2, 0) is 20.2 Å². The molecule has 9 nitrogen and oxygen atoms in total. The highest BCUT2D eigenvalue weighted by Gasteiger charge is 2.18. The van der Waals surface area contributed by atoms with E-state index in [1.807, 2.05) is 17.8 Å². The van der Waals surface area contributed by atoms with Crippen LogP contribution in [0.2, 0.25) is 0 Å². The Bertz CT molecular complexity index is 1150. The van der Waals surface area contributed by atoms with Gasteiger partial charge in [0.05, 0.1) is 30.8 Å². The second-order valence-electron chi connectivity index (χ2n) is 8.74.